The zero-order chi connectivity index (χ0) is 18.5. The molecule has 0 saturated carbocycles. The third kappa shape index (κ3) is 4.49. The molecule has 0 saturated heterocycles. The third-order valence-corrected chi connectivity index (χ3v) is 4.78. The largest absolute Gasteiger partial charge is 0.495 e. The Morgan fingerprint density at radius 2 is 2.04 bits per heavy atom. The molecule has 0 atom stereocenters. The molecule has 134 valence electrons. The molecule has 1 aromatic heterocycles. The Labute approximate surface area is 164 Å². The monoisotopic (exact) mass is 408 g/mol. The van der Waals surface area contributed by atoms with Crippen LogP contribution in [0.25, 0.3) is 5.69 Å². The Morgan fingerprint density at radius 3 is 2.81 bits per heavy atom. The second kappa shape index (κ2) is 8.44. The first-order valence-corrected chi connectivity index (χ1v) is 9.23. The summed E-state index contributed by atoms with van der Waals surface area (Å²) < 4.78 is 6.99. The van der Waals surface area contributed by atoms with Crippen molar-refractivity contribution in [2.24, 2.45) is 0 Å². The third-order valence-electron chi connectivity index (χ3n) is 3.37. The van der Waals surface area contributed by atoms with Crippen LogP contribution in [0.3, 0.4) is 0 Å². The lowest BCUT2D eigenvalue weighted by Crippen LogP contribution is -2.15. The van der Waals surface area contributed by atoms with Gasteiger partial charge in [-0.2, -0.15) is 0 Å². The van der Waals surface area contributed by atoms with Gasteiger partial charge in [-0.1, -0.05) is 41.0 Å². The Morgan fingerprint density at radius 1 is 1.23 bits per heavy atom. The SMILES string of the molecule is COc1ccc(Cl)cc1NC(=O)CSc1nncn1-c1cccc(Cl)c1. The lowest BCUT2D eigenvalue weighted by atomic mass is 10.3. The van der Waals surface area contributed by atoms with Crippen LogP contribution in [0.15, 0.2) is 53.9 Å². The summed E-state index contributed by atoms with van der Waals surface area (Å²) in [5, 5.41) is 12.5. The minimum absolute atomic E-state index is 0.148. The number of methoxy groups -OCH3 is 1. The van der Waals surface area contributed by atoms with Gasteiger partial charge in [0.1, 0.15) is 12.1 Å². The molecule has 3 aromatic rings. The molecule has 3 rings (SSSR count). The van der Waals surface area contributed by atoms with Crippen LogP contribution in [-0.2, 0) is 4.79 Å². The first-order valence-electron chi connectivity index (χ1n) is 7.49. The Bertz CT molecular complexity index is 933. The summed E-state index contributed by atoms with van der Waals surface area (Å²) in [5.41, 5.74) is 1.34. The molecule has 0 aliphatic rings. The number of ether oxygens (including phenoxy) is 1. The van der Waals surface area contributed by atoms with Crippen molar-refractivity contribution in [1.82, 2.24) is 14.8 Å². The predicted molar refractivity (Wildman–Crippen MR) is 104 cm³/mol. The maximum absolute atomic E-state index is 12.3. The summed E-state index contributed by atoms with van der Waals surface area (Å²) >= 11 is 13.3. The van der Waals surface area contributed by atoms with Crippen LogP contribution < -0.4 is 10.1 Å². The Balaban J connectivity index is 1.68. The summed E-state index contributed by atoms with van der Waals surface area (Å²) in [5.74, 6) is 0.473. The number of nitrogens with one attached hydrogen (secondary N) is 1. The summed E-state index contributed by atoms with van der Waals surface area (Å²) in [6.07, 6.45) is 1.58. The summed E-state index contributed by atoms with van der Waals surface area (Å²) in [6, 6.07) is 12.3. The highest BCUT2D eigenvalue weighted by Gasteiger charge is 2.12. The number of benzene rings is 2. The van der Waals surface area contributed by atoms with Crippen molar-refractivity contribution in [2.45, 2.75) is 5.16 Å². The van der Waals surface area contributed by atoms with Gasteiger partial charge in [0.05, 0.1) is 24.2 Å². The molecule has 0 bridgehead atoms. The molecule has 0 aliphatic heterocycles. The number of carbonyl (C=O) groups excluding carboxylic acids is 1. The number of carbonyl (C=O) groups is 1. The van der Waals surface area contributed by atoms with Crippen molar-refractivity contribution >= 4 is 46.6 Å². The van der Waals surface area contributed by atoms with Crippen LogP contribution in [0.5, 0.6) is 5.75 Å². The highest BCUT2D eigenvalue weighted by Crippen LogP contribution is 2.28. The van der Waals surface area contributed by atoms with Crippen LogP contribution in [0.1, 0.15) is 0 Å². The van der Waals surface area contributed by atoms with E-state index in [2.05, 4.69) is 15.5 Å². The number of amides is 1. The summed E-state index contributed by atoms with van der Waals surface area (Å²) in [6.45, 7) is 0. The molecule has 0 spiro atoms. The fraction of sp³-hybridized carbons (Fsp3) is 0.118. The van der Waals surface area contributed by atoms with E-state index in [-0.39, 0.29) is 11.7 Å². The topological polar surface area (TPSA) is 69.0 Å². The lowest BCUT2D eigenvalue weighted by Gasteiger charge is -2.10. The normalized spacial score (nSPS) is 10.6. The predicted octanol–water partition coefficient (Wildman–Crippen LogP) is 4.31. The van der Waals surface area contributed by atoms with E-state index in [0.29, 0.717) is 26.6 Å². The van der Waals surface area contributed by atoms with Crippen LogP contribution in [0.2, 0.25) is 10.0 Å². The molecule has 0 fully saturated rings. The molecule has 0 aliphatic carbocycles. The number of hydrogen-bond acceptors (Lipinski definition) is 5. The average molecular weight is 409 g/mol. The van der Waals surface area contributed by atoms with Gasteiger partial charge < -0.3 is 10.1 Å². The fourth-order valence-corrected chi connectivity index (χ4v) is 3.31. The maximum Gasteiger partial charge on any atom is 0.234 e. The molecular weight excluding hydrogens is 395 g/mol. The Kier molecular flexibility index (Phi) is 6.03. The van der Waals surface area contributed by atoms with E-state index in [1.54, 1.807) is 41.2 Å². The molecule has 2 aromatic carbocycles. The number of hydrogen-bond donors (Lipinski definition) is 1. The van der Waals surface area contributed by atoms with Gasteiger partial charge in [-0.05, 0) is 36.4 Å². The van der Waals surface area contributed by atoms with Crippen molar-refractivity contribution < 1.29 is 9.53 Å². The van der Waals surface area contributed by atoms with Crippen LogP contribution in [0.4, 0.5) is 5.69 Å². The van der Waals surface area contributed by atoms with E-state index in [1.807, 2.05) is 12.1 Å². The van der Waals surface area contributed by atoms with Gasteiger partial charge in [0.15, 0.2) is 5.16 Å². The molecule has 0 radical (unpaired) electrons. The number of nitrogens with zero attached hydrogens (tertiary/aromatic N) is 3. The van der Waals surface area contributed by atoms with Crippen molar-refractivity contribution in [3.63, 3.8) is 0 Å². The smallest absolute Gasteiger partial charge is 0.234 e. The van der Waals surface area contributed by atoms with Gasteiger partial charge >= 0.3 is 0 Å². The van der Waals surface area contributed by atoms with Gasteiger partial charge in [-0.15, -0.1) is 10.2 Å². The summed E-state index contributed by atoms with van der Waals surface area (Å²) in [7, 11) is 1.53. The van der Waals surface area contributed by atoms with Crippen LogP contribution >= 0.6 is 35.0 Å². The first-order chi connectivity index (χ1) is 12.6. The number of halogens is 2. The van der Waals surface area contributed by atoms with Crippen molar-refractivity contribution in [3.8, 4) is 11.4 Å². The minimum Gasteiger partial charge on any atom is -0.495 e. The summed E-state index contributed by atoms with van der Waals surface area (Å²) in [4.78, 5) is 12.3. The van der Waals surface area contributed by atoms with E-state index < -0.39 is 0 Å². The first kappa shape index (κ1) is 18.6. The molecule has 0 unspecified atom stereocenters. The van der Waals surface area contributed by atoms with Crippen LogP contribution in [0, 0.1) is 0 Å². The molecule has 1 amide bonds. The van der Waals surface area contributed by atoms with Crippen molar-refractivity contribution in [3.05, 3.63) is 58.8 Å². The molecular formula is C17H14Cl2N4O2S. The van der Waals surface area contributed by atoms with Gasteiger partial charge in [0, 0.05) is 10.0 Å². The van der Waals surface area contributed by atoms with E-state index in [0.717, 1.165) is 5.69 Å². The van der Waals surface area contributed by atoms with Crippen LogP contribution in [-0.4, -0.2) is 33.5 Å². The molecule has 9 heteroatoms. The average Bonchev–Trinajstić information content (AvgIpc) is 3.09. The highest BCUT2D eigenvalue weighted by atomic mass is 35.5. The Hall–Kier alpha value is -2.22. The molecule has 1 heterocycles. The maximum atomic E-state index is 12.3. The number of anilines is 1. The second-order valence-corrected chi connectivity index (χ2v) is 6.96. The van der Waals surface area contributed by atoms with Crippen molar-refractivity contribution in [2.75, 3.05) is 18.2 Å². The van der Waals surface area contributed by atoms with E-state index >= 15 is 0 Å². The molecule has 1 N–H and O–H groups in total. The number of thioether (sulfide) groups is 1. The van der Waals surface area contributed by atoms with Gasteiger partial charge in [-0.3, -0.25) is 9.36 Å². The second-order valence-electron chi connectivity index (χ2n) is 5.14. The zero-order valence-corrected chi connectivity index (χ0v) is 16.0. The highest BCUT2D eigenvalue weighted by molar-refractivity contribution is 7.99. The fourth-order valence-electron chi connectivity index (χ4n) is 2.22. The standard InChI is InChI=1S/C17H14Cl2N4O2S/c1-25-15-6-5-12(19)8-14(15)21-16(24)9-26-17-22-20-10-23(17)13-4-2-3-11(18)7-13/h2-8,10H,9H2,1H3,(H,21,24). The molecule has 26 heavy (non-hydrogen) atoms. The number of rotatable bonds is 6. The van der Waals surface area contributed by atoms with Crippen molar-refractivity contribution in [1.29, 1.82) is 0 Å². The van der Waals surface area contributed by atoms with E-state index in [9.17, 15) is 4.79 Å². The van der Waals surface area contributed by atoms with Gasteiger partial charge in [0.25, 0.3) is 0 Å². The van der Waals surface area contributed by atoms with Gasteiger partial charge in [-0.25, -0.2) is 0 Å². The minimum atomic E-state index is -0.212. The molecule has 6 nitrogen and oxygen atoms in total. The zero-order valence-electron chi connectivity index (χ0n) is 13.6. The lowest BCUT2D eigenvalue weighted by molar-refractivity contribution is -0.113. The van der Waals surface area contributed by atoms with E-state index in [1.165, 1.54) is 18.9 Å². The number of aromatic nitrogens is 3. The van der Waals surface area contributed by atoms with Gasteiger partial charge in [0.2, 0.25) is 5.91 Å². The quantitative estimate of drug-likeness (QED) is 0.615. The van der Waals surface area contributed by atoms with E-state index in [4.69, 9.17) is 27.9 Å².